The minimum absolute atomic E-state index is 0.0332. The Bertz CT molecular complexity index is 1220. The molecule has 3 aromatic carbocycles. The Morgan fingerprint density at radius 2 is 1.67 bits per heavy atom. The first-order valence-corrected chi connectivity index (χ1v) is 11.9. The third kappa shape index (κ3) is 4.63. The molecule has 170 valence electrons. The van der Waals surface area contributed by atoms with E-state index in [0.717, 1.165) is 15.6 Å². The van der Waals surface area contributed by atoms with Gasteiger partial charge in [-0.25, -0.2) is 0 Å². The number of nitrogens with zero attached hydrogens (tertiary/aromatic N) is 1. The summed E-state index contributed by atoms with van der Waals surface area (Å²) < 4.78 is 0.725. The monoisotopic (exact) mass is 525 g/mol. The summed E-state index contributed by atoms with van der Waals surface area (Å²) in [6, 6.07) is 19.9. The van der Waals surface area contributed by atoms with Crippen LogP contribution in [-0.4, -0.2) is 16.8 Å². The second kappa shape index (κ2) is 8.71. The number of rotatable bonds is 5. The Balaban J connectivity index is 1.66. The highest BCUT2D eigenvalue weighted by atomic mass is 79.9. The van der Waals surface area contributed by atoms with Crippen molar-refractivity contribution in [3.63, 3.8) is 0 Å². The SMILES string of the molecule is CC(C)(C)c1ccc(C(=O)CC2(O)C(=O)N(Cc3ccc(Cl)cc3)c3ccc(Br)cc32)cc1. The Labute approximate surface area is 207 Å². The quantitative estimate of drug-likeness (QED) is 0.391. The molecule has 1 heterocycles. The molecule has 4 rings (SSSR count). The van der Waals surface area contributed by atoms with E-state index in [4.69, 9.17) is 11.6 Å². The minimum Gasteiger partial charge on any atom is -0.375 e. The van der Waals surface area contributed by atoms with Crippen molar-refractivity contribution in [2.24, 2.45) is 0 Å². The number of carbonyl (C=O) groups excluding carboxylic acids is 2. The number of halogens is 2. The van der Waals surface area contributed by atoms with E-state index in [1.54, 1.807) is 36.4 Å². The van der Waals surface area contributed by atoms with Crippen LogP contribution in [-0.2, 0) is 22.4 Å². The van der Waals surface area contributed by atoms with Gasteiger partial charge in [0.2, 0.25) is 0 Å². The van der Waals surface area contributed by atoms with Crippen molar-refractivity contribution in [3.8, 4) is 0 Å². The van der Waals surface area contributed by atoms with Gasteiger partial charge in [0.25, 0.3) is 5.91 Å². The molecule has 0 aliphatic carbocycles. The molecule has 4 nitrogen and oxygen atoms in total. The number of hydrogen-bond donors (Lipinski definition) is 1. The maximum absolute atomic E-state index is 13.5. The fraction of sp³-hybridized carbons (Fsp3) is 0.259. The number of Topliss-reactive ketones (excluding diaryl/α,β-unsaturated/α-hetero) is 1. The number of aliphatic hydroxyl groups is 1. The van der Waals surface area contributed by atoms with Gasteiger partial charge >= 0.3 is 0 Å². The van der Waals surface area contributed by atoms with Crippen LogP contribution in [0.25, 0.3) is 0 Å². The highest BCUT2D eigenvalue weighted by Crippen LogP contribution is 2.45. The number of fused-ring (bicyclic) bond motifs is 1. The van der Waals surface area contributed by atoms with E-state index in [9.17, 15) is 14.7 Å². The molecule has 33 heavy (non-hydrogen) atoms. The average molecular weight is 527 g/mol. The van der Waals surface area contributed by atoms with E-state index in [0.29, 0.717) is 21.8 Å². The number of hydrogen-bond acceptors (Lipinski definition) is 3. The third-order valence-corrected chi connectivity index (χ3v) is 6.78. The molecule has 0 radical (unpaired) electrons. The van der Waals surface area contributed by atoms with Crippen LogP contribution >= 0.6 is 27.5 Å². The molecule has 6 heteroatoms. The lowest BCUT2D eigenvalue weighted by Gasteiger charge is -2.23. The maximum Gasteiger partial charge on any atom is 0.264 e. The van der Waals surface area contributed by atoms with Gasteiger partial charge in [-0.2, -0.15) is 0 Å². The zero-order valence-corrected chi connectivity index (χ0v) is 21.1. The van der Waals surface area contributed by atoms with Crippen molar-refractivity contribution >= 4 is 44.9 Å². The maximum atomic E-state index is 13.5. The average Bonchev–Trinajstić information content (AvgIpc) is 2.96. The van der Waals surface area contributed by atoms with E-state index < -0.39 is 11.5 Å². The van der Waals surface area contributed by atoms with Crippen LogP contribution in [0.1, 0.15) is 54.2 Å². The summed E-state index contributed by atoms with van der Waals surface area (Å²) >= 11 is 9.42. The number of carbonyl (C=O) groups is 2. The van der Waals surface area contributed by atoms with Gasteiger partial charge in [0, 0.05) is 20.6 Å². The Kier molecular flexibility index (Phi) is 6.25. The number of ketones is 1. The smallest absolute Gasteiger partial charge is 0.264 e. The number of amides is 1. The van der Waals surface area contributed by atoms with Gasteiger partial charge in [0.05, 0.1) is 18.7 Å². The molecule has 1 amide bonds. The molecule has 0 saturated heterocycles. The van der Waals surface area contributed by atoms with Gasteiger partial charge in [-0.05, 0) is 46.9 Å². The van der Waals surface area contributed by atoms with Crippen molar-refractivity contribution in [2.45, 2.75) is 44.8 Å². The van der Waals surface area contributed by atoms with Crippen molar-refractivity contribution in [2.75, 3.05) is 4.90 Å². The largest absolute Gasteiger partial charge is 0.375 e. The standard InChI is InChI=1S/C27H25BrClNO3/c1-26(2,3)19-8-6-18(7-9-19)24(31)15-27(33)22-14-20(28)10-13-23(22)30(25(27)32)16-17-4-11-21(29)12-5-17/h4-14,33H,15-16H2,1-3H3. The topological polar surface area (TPSA) is 57.6 Å². The minimum atomic E-state index is -1.94. The van der Waals surface area contributed by atoms with Gasteiger partial charge < -0.3 is 10.0 Å². The van der Waals surface area contributed by atoms with Crippen molar-refractivity contribution in [1.82, 2.24) is 0 Å². The van der Waals surface area contributed by atoms with E-state index in [1.807, 2.05) is 30.3 Å². The fourth-order valence-corrected chi connectivity index (χ4v) is 4.60. The van der Waals surface area contributed by atoms with Gasteiger partial charge in [0.15, 0.2) is 11.4 Å². The van der Waals surface area contributed by atoms with E-state index in [2.05, 4.69) is 36.7 Å². The van der Waals surface area contributed by atoms with Crippen LogP contribution in [0.3, 0.4) is 0 Å². The van der Waals surface area contributed by atoms with Crippen LogP contribution < -0.4 is 4.90 Å². The van der Waals surface area contributed by atoms with Crippen LogP contribution in [0.2, 0.25) is 5.02 Å². The molecule has 1 aliphatic rings. The predicted octanol–water partition coefficient (Wildman–Crippen LogP) is 6.41. The van der Waals surface area contributed by atoms with Gasteiger partial charge in [0.1, 0.15) is 0 Å². The molecule has 0 saturated carbocycles. The lowest BCUT2D eigenvalue weighted by atomic mass is 9.85. The fourth-order valence-electron chi connectivity index (χ4n) is 4.11. The molecule has 1 N–H and O–H groups in total. The first kappa shape index (κ1) is 23.7. The third-order valence-electron chi connectivity index (χ3n) is 6.04. The second-order valence-electron chi connectivity index (χ2n) is 9.47. The summed E-state index contributed by atoms with van der Waals surface area (Å²) in [6.07, 6.45) is -0.332. The molecule has 0 bridgehead atoms. The number of anilines is 1. The summed E-state index contributed by atoms with van der Waals surface area (Å²) in [6.45, 7) is 6.58. The number of benzene rings is 3. The molecule has 3 aromatic rings. The molecule has 1 aliphatic heterocycles. The van der Waals surface area contributed by atoms with Crippen molar-refractivity contribution in [1.29, 1.82) is 0 Å². The first-order chi connectivity index (χ1) is 15.5. The molecule has 1 atom stereocenters. The highest BCUT2D eigenvalue weighted by Gasteiger charge is 2.51. The summed E-state index contributed by atoms with van der Waals surface area (Å²) in [7, 11) is 0. The van der Waals surface area contributed by atoms with E-state index in [1.165, 1.54) is 4.90 Å². The Hall–Kier alpha value is -2.47. The molecular weight excluding hydrogens is 502 g/mol. The zero-order chi connectivity index (χ0) is 24.0. The van der Waals surface area contributed by atoms with Gasteiger partial charge in [-0.3, -0.25) is 9.59 Å². The lowest BCUT2D eigenvalue weighted by molar-refractivity contribution is -0.136. The van der Waals surface area contributed by atoms with Crippen LogP contribution in [0, 0.1) is 0 Å². The molecule has 0 fully saturated rings. The second-order valence-corrected chi connectivity index (χ2v) is 10.8. The van der Waals surface area contributed by atoms with E-state index >= 15 is 0 Å². The molecule has 0 spiro atoms. The van der Waals surface area contributed by atoms with Gasteiger partial charge in [-0.1, -0.05) is 84.7 Å². The molecule has 0 aromatic heterocycles. The van der Waals surface area contributed by atoms with Crippen LogP contribution in [0.15, 0.2) is 71.2 Å². The predicted molar refractivity (Wildman–Crippen MR) is 135 cm³/mol. The van der Waals surface area contributed by atoms with E-state index in [-0.39, 0.29) is 24.2 Å². The van der Waals surface area contributed by atoms with Crippen LogP contribution in [0.4, 0.5) is 5.69 Å². The van der Waals surface area contributed by atoms with Gasteiger partial charge in [-0.15, -0.1) is 0 Å². The molecule has 1 unspecified atom stereocenters. The van der Waals surface area contributed by atoms with Crippen molar-refractivity contribution < 1.29 is 14.7 Å². The molecular formula is C27H25BrClNO3. The van der Waals surface area contributed by atoms with Crippen molar-refractivity contribution in [3.05, 3.63) is 98.5 Å². The highest BCUT2D eigenvalue weighted by molar-refractivity contribution is 9.10. The Morgan fingerprint density at radius 1 is 1.03 bits per heavy atom. The van der Waals surface area contributed by atoms with Crippen LogP contribution in [0.5, 0.6) is 0 Å². The zero-order valence-electron chi connectivity index (χ0n) is 18.7. The summed E-state index contributed by atoms with van der Waals surface area (Å²) in [5.74, 6) is -0.796. The summed E-state index contributed by atoms with van der Waals surface area (Å²) in [5.41, 5.74) is 1.50. The Morgan fingerprint density at radius 3 is 2.27 bits per heavy atom. The first-order valence-electron chi connectivity index (χ1n) is 10.7. The summed E-state index contributed by atoms with van der Waals surface area (Å²) in [4.78, 5) is 28.2. The summed E-state index contributed by atoms with van der Waals surface area (Å²) in [5, 5.41) is 12.2. The normalized spacial score (nSPS) is 17.9. The lowest BCUT2D eigenvalue weighted by Crippen LogP contribution is -2.41.